The van der Waals surface area contributed by atoms with E-state index in [2.05, 4.69) is 26.0 Å². The Bertz CT molecular complexity index is 1250. The Kier molecular flexibility index (Phi) is 5.51. The van der Waals surface area contributed by atoms with E-state index in [4.69, 9.17) is 4.74 Å². The average molecular weight is 454 g/mol. The van der Waals surface area contributed by atoms with Crippen LogP contribution < -0.4 is 21.5 Å². The molecule has 0 aliphatic heterocycles. The average Bonchev–Trinajstić information content (AvgIpc) is 3.22. The van der Waals surface area contributed by atoms with Crippen LogP contribution in [0.5, 0.6) is 0 Å². The van der Waals surface area contributed by atoms with Gasteiger partial charge in [-0.1, -0.05) is 0 Å². The number of carbonyl (C=O) groups excluding carboxylic acids is 1. The number of aliphatic hydroxyl groups is 1. The van der Waals surface area contributed by atoms with Gasteiger partial charge in [0.1, 0.15) is 22.9 Å². The van der Waals surface area contributed by atoms with Crippen molar-refractivity contribution in [2.75, 3.05) is 24.8 Å². The maximum absolute atomic E-state index is 13.1. The molecule has 33 heavy (non-hydrogen) atoms. The Morgan fingerprint density at radius 3 is 2.76 bits per heavy atom. The van der Waals surface area contributed by atoms with Gasteiger partial charge < -0.3 is 30.4 Å². The van der Waals surface area contributed by atoms with Crippen LogP contribution in [0.3, 0.4) is 0 Å². The van der Waals surface area contributed by atoms with Crippen molar-refractivity contribution in [1.29, 1.82) is 0 Å². The van der Waals surface area contributed by atoms with Gasteiger partial charge in [0.05, 0.1) is 30.5 Å². The number of hydrogen-bond donors (Lipinski definition) is 4. The van der Waals surface area contributed by atoms with E-state index < -0.39 is 6.10 Å². The molecule has 2 fully saturated rings. The summed E-state index contributed by atoms with van der Waals surface area (Å²) in [6, 6.07) is 4.98. The van der Waals surface area contributed by atoms with E-state index in [0.717, 1.165) is 19.3 Å². The summed E-state index contributed by atoms with van der Waals surface area (Å²) in [6.07, 6.45) is 5.96. The summed E-state index contributed by atoms with van der Waals surface area (Å²) in [7, 11) is 3.40. The number of methoxy groups -OCH3 is 1. The summed E-state index contributed by atoms with van der Waals surface area (Å²) in [5, 5.41) is 23.0. The second-order valence-corrected chi connectivity index (χ2v) is 8.47. The summed E-state index contributed by atoms with van der Waals surface area (Å²) in [5.74, 6) is 0.648. The van der Waals surface area contributed by atoms with E-state index in [9.17, 15) is 14.7 Å². The number of rotatable bonds is 7. The fourth-order valence-electron chi connectivity index (χ4n) is 4.31. The van der Waals surface area contributed by atoms with Crippen LogP contribution in [0.15, 0.2) is 35.4 Å². The molecule has 0 saturated heterocycles. The van der Waals surface area contributed by atoms with Gasteiger partial charge in [0.15, 0.2) is 5.65 Å². The summed E-state index contributed by atoms with van der Waals surface area (Å²) < 4.78 is 8.67. The van der Waals surface area contributed by atoms with Crippen LogP contribution >= 0.6 is 0 Å². The second kappa shape index (κ2) is 8.49. The summed E-state index contributed by atoms with van der Waals surface area (Å²) in [5.41, 5.74) is 0.839. The minimum atomic E-state index is -0.525. The third kappa shape index (κ3) is 3.72. The summed E-state index contributed by atoms with van der Waals surface area (Å²) in [4.78, 5) is 30.5. The zero-order valence-electron chi connectivity index (χ0n) is 18.5. The first kappa shape index (κ1) is 21.4. The van der Waals surface area contributed by atoms with Crippen LogP contribution in [0.1, 0.15) is 42.1 Å². The fraction of sp³-hybridized carbons (Fsp3) is 0.455. The molecular weight excluding hydrogens is 426 g/mol. The van der Waals surface area contributed by atoms with Gasteiger partial charge in [-0.25, -0.2) is 4.98 Å². The van der Waals surface area contributed by atoms with Gasteiger partial charge in [-0.15, -0.1) is 0 Å². The lowest BCUT2D eigenvalue weighted by molar-refractivity contribution is -0.0103. The summed E-state index contributed by atoms with van der Waals surface area (Å²) in [6.45, 7) is 0. The van der Waals surface area contributed by atoms with Crippen LogP contribution in [-0.2, 0) is 4.74 Å². The largest absolute Gasteiger partial charge is 0.391 e. The van der Waals surface area contributed by atoms with Gasteiger partial charge in [0, 0.05) is 26.4 Å². The molecule has 0 aromatic carbocycles. The van der Waals surface area contributed by atoms with Gasteiger partial charge in [0.2, 0.25) is 0 Å². The van der Waals surface area contributed by atoms with Crippen LogP contribution in [0.25, 0.3) is 5.65 Å². The van der Waals surface area contributed by atoms with E-state index in [1.807, 2.05) is 6.07 Å². The topological polar surface area (TPSA) is 135 Å². The van der Waals surface area contributed by atoms with E-state index in [1.165, 1.54) is 10.7 Å². The first-order valence-electron chi connectivity index (χ1n) is 11.1. The Labute approximate surface area is 189 Å². The van der Waals surface area contributed by atoms with E-state index in [1.54, 1.807) is 37.1 Å². The Hall–Kier alpha value is -3.44. The SMILES string of the molecule is CNc1cc(Nc2cccn([C@@H]3CC[C@H]3OC)c2=O)nc2c(C(=O)N[C@H]3CC[C@H]3O)cnn12. The third-order valence-corrected chi connectivity index (χ3v) is 6.60. The van der Waals surface area contributed by atoms with Crippen LogP contribution in [-0.4, -0.2) is 62.6 Å². The quantitative estimate of drug-likeness (QED) is 0.420. The number of aliphatic hydroxyl groups excluding tert-OH is 1. The number of ether oxygens (including phenoxy) is 1. The minimum Gasteiger partial charge on any atom is -0.391 e. The van der Waals surface area contributed by atoms with E-state index in [-0.39, 0.29) is 35.2 Å². The van der Waals surface area contributed by atoms with Crippen molar-refractivity contribution in [3.05, 3.63) is 46.5 Å². The molecule has 3 aromatic heterocycles. The molecule has 0 spiro atoms. The first-order chi connectivity index (χ1) is 16.0. The number of anilines is 3. The smallest absolute Gasteiger partial charge is 0.274 e. The van der Waals surface area contributed by atoms with Gasteiger partial charge in [0.25, 0.3) is 11.5 Å². The van der Waals surface area contributed by atoms with Crippen LogP contribution in [0.4, 0.5) is 17.3 Å². The second-order valence-electron chi connectivity index (χ2n) is 8.47. The maximum Gasteiger partial charge on any atom is 0.274 e. The lowest BCUT2D eigenvalue weighted by atomic mass is 9.88. The van der Waals surface area contributed by atoms with Crippen LogP contribution in [0.2, 0.25) is 0 Å². The van der Waals surface area contributed by atoms with Crippen molar-refractivity contribution in [1.82, 2.24) is 24.5 Å². The molecule has 1 amide bonds. The first-order valence-corrected chi connectivity index (χ1v) is 11.1. The fourth-order valence-corrected chi connectivity index (χ4v) is 4.31. The zero-order chi connectivity index (χ0) is 23.1. The summed E-state index contributed by atoms with van der Waals surface area (Å²) >= 11 is 0. The highest BCUT2D eigenvalue weighted by molar-refractivity contribution is 6.00. The third-order valence-electron chi connectivity index (χ3n) is 6.60. The van der Waals surface area contributed by atoms with Crippen molar-refractivity contribution >= 4 is 28.9 Å². The number of carbonyl (C=O) groups is 1. The molecular formula is C22H27N7O4. The Morgan fingerprint density at radius 2 is 2.12 bits per heavy atom. The maximum atomic E-state index is 13.1. The molecule has 0 bridgehead atoms. The van der Waals surface area contributed by atoms with Gasteiger partial charge >= 0.3 is 0 Å². The molecule has 3 aromatic rings. The lowest BCUT2D eigenvalue weighted by Gasteiger charge is -2.36. The number of aromatic nitrogens is 4. The number of nitrogens with zero attached hydrogens (tertiary/aromatic N) is 4. The zero-order valence-corrected chi connectivity index (χ0v) is 18.5. The molecule has 0 unspecified atom stereocenters. The van der Waals surface area contributed by atoms with Crippen molar-refractivity contribution in [2.24, 2.45) is 0 Å². The highest BCUT2D eigenvalue weighted by atomic mass is 16.5. The molecule has 11 heteroatoms. The molecule has 0 radical (unpaired) electrons. The number of hydrogen-bond acceptors (Lipinski definition) is 8. The molecule has 174 valence electrons. The molecule has 4 atom stereocenters. The lowest BCUT2D eigenvalue weighted by Crippen LogP contribution is -2.50. The van der Waals surface area contributed by atoms with Gasteiger partial charge in [-0.05, 0) is 37.8 Å². The van der Waals surface area contributed by atoms with Gasteiger partial charge in [-0.2, -0.15) is 9.61 Å². The monoisotopic (exact) mass is 453 g/mol. The Balaban J connectivity index is 1.46. The number of amides is 1. The molecule has 2 saturated carbocycles. The van der Waals surface area contributed by atoms with E-state index >= 15 is 0 Å². The van der Waals surface area contributed by atoms with Crippen LogP contribution in [0, 0.1) is 0 Å². The number of nitrogens with one attached hydrogen (secondary N) is 3. The molecule has 2 aliphatic carbocycles. The number of pyridine rings is 1. The molecule has 5 rings (SSSR count). The van der Waals surface area contributed by atoms with Crippen molar-refractivity contribution in [3.8, 4) is 0 Å². The number of fused-ring (bicyclic) bond motifs is 1. The van der Waals surface area contributed by atoms with Crippen molar-refractivity contribution in [3.63, 3.8) is 0 Å². The molecule has 2 aliphatic rings. The highest BCUT2D eigenvalue weighted by Crippen LogP contribution is 2.33. The van der Waals surface area contributed by atoms with E-state index in [0.29, 0.717) is 29.4 Å². The van der Waals surface area contributed by atoms with Crippen molar-refractivity contribution in [2.45, 2.75) is 50.0 Å². The van der Waals surface area contributed by atoms with Gasteiger partial charge in [-0.3, -0.25) is 9.59 Å². The minimum absolute atomic E-state index is 0.0135. The highest BCUT2D eigenvalue weighted by Gasteiger charge is 2.33. The predicted molar refractivity (Wildman–Crippen MR) is 122 cm³/mol. The normalized spacial score (nSPS) is 24.1. The molecule has 3 heterocycles. The molecule has 4 N–H and O–H groups in total. The predicted octanol–water partition coefficient (Wildman–Crippen LogP) is 1.28. The Morgan fingerprint density at radius 1 is 1.27 bits per heavy atom. The van der Waals surface area contributed by atoms with Crippen molar-refractivity contribution < 1.29 is 14.6 Å². The molecule has 11 nitrogen and oxygen atoms in total. The standard InChI is InChI=1S/C22H27N7O4/c1-23-19-10-18(25-14-4-3-9-28(22(14)32)15-6-8-17(15)33-2)27-20-12(11-24-29(19)20)21(31)26-13-5-7-16(13)30/h3-4,9-11,13,15-17,23,30H,5-8H2,1-2H3,(H,25,27)(H,26,31)/t13-,15+,16+,17+/m0/s1.